The van der Waals surface area contributed by atoms with Crippen LogP contribution in [0.15, 0.2) is 53.1 Å². The zero-order valence-electron chi connectivity index (χ0n) is 14.9. The molecule has 7 nitrogen and oxygen atoms in total. The Kier molecular flexibility index (Phi) is 5.43. The molecule has 1 N–H and O–H groups in total. The summed E-state index contributed by atoms with van der Waals surface area (Å²) < 4.78 is 16.7. The smallest absolute Gasteiger partial charge is 0.227 e. The molecule has 4 rings (SSSR count). The first-order valence-electron chi connectivity index (χ1n) is 8.91. The summed E-state index contributed by atoms with van der Waals surface area (Å²) in [6.45, 7) is 0.762. The van der Waals surface area contributed by atoms with E-state index in [-0.39, 0.29) is 18.4 Å². The number of aromatic nitrogens is 2. The molecule has 0 aliphatic carbocycles. The van der Waals surface area contributed by atoms with E-state index in [1.54, 1.807) is 12.1 Å². The molecule has 0 bridgehead atoms. The van der Waals surface area contributed by atoms with E-state index >= 15 is 0 Å². The summed E-state index contributed by atoms with van der Waals surface area (Å²) in [6.07, 6.45) is 0.378. The number of nitrogens with one attached hydrogen (secondary N) is 1. The predicted molar refractivity (Wildman–Crippen MR) is 102 cm³/mol. The van der Waals surface area contributed by atoms with E-state index in [4.69, 9.17) is 25.6 Å². The van der Waals surface area contributed by atoms with E-state index in [1.165, 1.54) is 0 Å². The van der Waals surface area contributed by atoms with Gasteiger partial charge in [-0.15, -0.1) is 0 Å². The van der Waals surface area contributed by atoms with Crippen molar-refractivity contribution in [2.75, 3.05) is 13.2 Å². The Morgan fingerprint density at radius 2 is 1.93 bits per heavy atom. The SMILES string of the molecule is O=C(CCc1nc(-c2ccc(Cl)cc2)no1)NC[C@H]1COc2ccccc2O1. The second-order valence-electron chi connectivity index (χ2n) is 6.32. The third-order valence-electron chi connectivity index (χ3n) is 4.23. The summed E-state index contributed by atoms with van der Waals surface area (Å²) in [5.41, 5.74) is 0.804. The lowest BCUT2D eigenvalue weighted by Crippen LogP contribution is -2.40. The number of fused-ring (bicyclic) bond motifs is 1. The van der Waals surface area contributed by atoms with Crippen LogP contribution in [0.1, 0.15) is 12.3 Å². The van der Waals surface area contributed by atoms with Gasteiger partial charge in [0.15, 0.2) is 11.5 Å². The summed E-state index contributed by atoms with van der Waals surface area (Å²) in [7, 11) is 0. The fourth-order valence-electron chi connectivity index (χ4n) is 2.77. The van der Waals surface area contributed by atoms with Gasteiger partial charge < -0.3 is 19.3 Å². The van der Waals surface area contributed by atoms with E-state index in [9.17, 15) is 4.79 Å². The average molecular weight is 400 g/mol. The molecule has 0 unspecified atom stereocenters. The van der Waals surface area contributed by atoms with Crippen LogP contribution in [0.3, 0.4) is 0 Å². The Hall–Kier alpha value is -3.06. The van der Waals surface area contributed by atoms with Crippen molar-refractivity contribution in [1.82, 2.24) is 15.5 Å². The lowest BCUT2D eigenvalue weighted by atomic mass is 10.2. The maximum Gasteiger partial charge on any atom is 0.227 e. The van der Waals surface area contributed by atoms with Gasteiger partial charge >= 0.3 is 0 Å². The van der Waals surface area contributed by atoms with Crippen LogP contribution in [0.5, 0.6) is 11.5 Å². The van der Waals surface area contributed by atoms with Crippen LogP contribution in [-0.4, -0.2) is 35.3 Å². The molecule has 2 aromatic carbocycles. The number of halogens is 1. The number of aryl methyl sites for hydroxylation is 1. The predicted octanol–water partition coefficient (Wildman–Crippen LogP) is 3.28. The van der Waals surface area contributed by atoms with Crippen molar-refractivity contribution in [3.8, 4) is 22.9 Å². The third kappa shape index (κ3) is 4.43. The van der Waals surface area contributed by atoms with Crippen LogP contribution >= 0.6 is 11.6 Å². The van der Waals surface area contributed by atoms with Gasteiger partial charge in [-0.05, 0) is 36.4 Å². The highest BCUT2D eigenvalue weighted by molar-refractivity contribution is 6.30. The maximum atomic E-state index is 12.1. The molecule has 0 radical (unpaired) electrons. The quantitative estimate of drug-likeness (QED) is 0.684. The molecule has 3 aromatic rings. The van der Waals surface area contributed by atoms with Crippen LogP contribution in [0.2, 0.25) is 5.02 Å². The van der Waals surface area contributed by atoms with Crippen molar-refractivity contribution in [2.45, 2.75) is 18.9 Å². The molecule has 28 heavy (non-hydrogen) atoms. The normalized spacial score (nSPS) is 15.2. The Morgan fingerprint density at radius 1 is 1.14 bits per heavy atom. The number of hydrogen-bond donors (Lipinski definition) is 1. The summed E-state index contributed by atoms with van der Waals surface area (Å²) >= 11 is 5.87. The van der Waals surface area contributed by atoms with E-state index in [1.807, 2.05) is 36.4 Å². The minimum absolute atomic E-state index is 0.117. The first-order valence-corrected chi connectivity index (χ1v) is 9.29. The van der Waals surface area contributed by atoms with Gasteiger partial charge in [-0.3, -0.25) is 4.79 Å². The zero-order chi connectivity index (χ0) is 19.3. The van der Waals surface area contributed by atoms with Crippen LogP contribution in [0.4, 0.5) is 0 Å². The van der Waals surface area contributed by atoms with Gasteiger partial charge in [0, 0.05) is 23.4 Å². The number of amides is 1. The zero-order valence-corrected chi connectivity index (χ0v) is 15.7. The number of nitrogens with zero attached hydrogens (tertiary/aromatic N) is 2. The molecular weight excluding hydrogens is 382 g/mol. The fourth-order valence-corrected chi connectivity index (χ4v) is 2.90. The first kappa shape index (κ1) is 18.3. The second kappa shape index (κ2) is 8.31. The number of carbonyl (C=O) groups is 1. The largest absolute Gasteiger partial charge is 0.486 e. The molecule has 8 heteroatoms. The van der Waals surface area contributed by atoms with E-state index in [0.29, 0.717) is 42.1 Å². The monoisotopic (exact) mass is 399 g/mol. The van der Waals surface area contributed by atoms with Crippen molar-refractivity contribution in [3.05, 3.63) is 59.4 Å². The fraction of sp³-hybridized carbons (Fsp3) is 0.250. The second-order valence-corrected chi connectivity index (χ2v) is 6.76. The molecule has 2 heterocycles. The van der Waals surface area contributed by atoms with E-state index in [2.05, 4.69) is 15.5 Å². The molecule has 0 fully saturated rings. The van der Waals surface area contributed by atoms with Gasteiger partial charge in [0.2, 0.25) is 17.6 Å². The molecule has 0 saturated carbocycles. The standard InChI is InChI=1S/C20H18ClN3O4/c21-14-7-5-13(6-8-14)20-23-19(28-24-20)10-9-18(25)22-11-15-12-26-16-3-1-2-4-17(16)27-15/h1-8,15H,9-12H2,(H,22,25)/t15-/m0/s1. The molecule has 1 aromatic heterocycles. The lowest BCUT2D eigenvalue weighted by Gasteiger charge is -2.26. The molecule has 1 aliphatic heterocycles. The highest BCUT2D eigenvalue weighted by Crippen LogP contribution is 2.30. The summed E-state index contributed by atoms with van der Waals surface area (Å²) in [5.74, 6) is 2.17. The molecule has 0 spiro atoms. The average Bonchev–Trinajstić information content (AvgIpc) is 3.20. The van der Waals surface area contributed by atoms with Gasteiger partial charge in [-0.25, -0.2) is 0 Å². The summed E-state index contributed by atoms with van der Waals surface area (Å²) in [5, 5.41) is 7.43. The molecule has 0 saturated heterocycles. The molecular formula is C20H18ClN3O4. The van der Waals surface area contributed by atoms with Crippen LogP contribution in [0, 0.1) is 0 Å². The summed E-state index contributed by atoms with van der Waals surface area (Å²) in [6, 6.07) is 14.6. The van der Waals surface area contributed by atoms with Crippen molar-refractivity contribution in [1.29, 1.82) is 0 Å². The first-order chi connectivity index (χ1) is 13.7. The minimum Gasteiger partial charge on any atom is -0.486 e. The van der Waals surface area contributed by atoms with Crippen LogP contribution in [0.25, 0.3) is 11.4 Å². The highest BCUT2D eigenvalue weighted by atomic mass is 35.5. The number of carbonyl (C=O) groups excluding carboxylic acids is 1. The Morgan fingerprint density at radius 3 is 2.75 bits per heavy atom. The number of benzene rings is 2. The number of hydrogen-bond acceptors (Lipinski definition) is 6. The van der Waals surface area contributed by atoms with Gasteiger partial charge in [0.25, 0.3) is 0 Å². The van der Waals surface area contributed by atoms with Gasteiger partial charge in [-0.2, -0.15) is 4.98 Å². The minimum atomic E-state index is -0.223. The van der Waals surface area contributed by atoms with Gasteiger partial charge in [-0.1, -0.05) is 28.9 Å². The Balaban J connectivity index is 1.24. The van der Waals surface area contributed by atoms with Gasteiger partial charge in [0.05, 0.1) is 6.54 Å². The van der Waals surface area contributed by atoms with Crippen LogP contribution in [-0.2, 0) is 11.2 Å². The molecule has 1 atom stereocenters. The lowest BCUT2D eigenvalue weighted by molar-refractivity contribution is -0.121. The molecule has 1 aliphatic rings. The number of ether oxygens (including phenoxy) is 2. The molecule has 1 amide bonds. The topological polar surface area (TPSA) is 86.5 Å². The molecule has 144 valence electrons. The van der Waals surface area contributed by atoms with E-state index in [0.717, 1.165) is 11.3 Å². The number of para-hydroxylation sites is 2. The van der Waals surface area contributed by atoms with Crippen molar-refractivity contribution in [2.24, 2.45) is 0 Å². The van der Waals surface area contributed by atoms with Crippen molar-refractivity contribution < 1.29 is 18.8 Å². The van der Waals surface area contributed by atoms with Gasteiger partial charge in [0.1, 0.15) is 12.7 Å². The maximum absolute atomic E-state index is 12.1. The van der Waals surface area contributed by atoms with Crippen LogP contribution < -0.4 is 14.8 Å². The number of rotatable bonds is 6. The van der Waals surface area contributed by atoms with E-state index < -0.39 is 0 Å². The summed E-state index contributed by atoms with van der Waals surface area (Å²) in [4.78, 5) is 16.4. The Labute approximate surface area is 166 Å². The third-order valence-corrected chi connectivity index (χ3v) is 4.48. The highest BCUT2D eigenvalue weighted by Gasteiger charge is 2.21. The van der Waals surface area contributed by atoms with Crippen molar-refractivity contribution in [3.63, 3.8) is 0 Å². The van der Waals surface area contributed by atoms with Crippen molar-refractivity contribution >= 4 is 17.5 Å². The Bertz CT molecular complexity index is 958.